The fourth-order valence-corrected chi connectivity index (χ4v) is 2.16. The van der Waals surface area contributed by atoms with Crippen molar-refractivity contribution in [1.82, 2.24) is 0 Å². The molecule has 0 unspecified atom stereocenters. The van der Waals surface area contributed by atoms with Gasteiger partial charge in [-0.3, -0.25) is 0 Å². The maximum absolute atomic E-state index is 9.01. The van der Waals surface area contributed by atoms with Crippen molar-refractivity contribution in [1.29, 1.82) is 5.26 Å². The Morgan fingerprint density at radius 1 is 1.38 bits per heavy atom. The third-order valence-corrected chi connectivity index (χ3v) is 3.09. The number of rotatable bonds is 3. The molecule has 0 aliphatic carbocycles. The minimum Gasteiger partial charge on any atom is -0.380 e. The summed E-state index contributed by atoms with van der Waals surface area (Å²) < 4.78 is 0. The van der Waals surface area contributed by atoms with Gasteiger partial charge < -0.3 is 5.32 Å². The van der Waals surface area contributed by atoms with Gasteiger partial charge in [0.15, 0.2) is 0 Å². The van der Waals surface area contributed by atoms with Crippen molar-refractivity contribution in [3.05, 3.63) is 51.7 Å². The normalized spacial score (nSPS) is 9.75. The van der Waals surface area contributed by atoms with Crippen molar-refractivity contribution in [3.63, 3.8) is 0 Å². The zero-order valence-corrected chi connectivity index (χ0v) is 9.84. The summed E-state index contributed by atoms with van der Waals surface area (Å²) in [5.74, 6) is 0. The standard InChI is InChI=1S/C13H12N2S/c1-10-2-3-13(12(6-10)7-14)15-8-11-4-5-16-9-11/h2-6,9,15H,8H2,1H3. The van der Waals surface area contributed by atoms with Crippen molar-refractivity contribution >= 4 is 17.0 Å². The topological polar surface area (TPSA) is 35.8 Å². The van der Waals surface area contributed by atoms with Gasteiger partial charge in [-0.05, 0) is 47.0 Å². The number of hydrogen-bond donors (Lipinski definition) is 1. The Morgan fingerprint density at radius 2 is 2.25 bits per heavy atom. The van der Waals surface area contributed by atoms with Gasteiger partial charge in [0.05, 0.1) is 11.3 Å². The average molecular weight is 228 g/mol. The highest BCUT2D eigenvalue weighted by molar-refractivity contribution is 7.07. The summed E-state index contributed by atoms with van der Waals surface area (Å²) >= 11 is 1.68. The van der Waals surface area contributed by atoms with Crippen LogP contribution in [0.1, 0.15) is 16.7 Å². The molecule has 2 rings (SSSR count). The van der Waals surface area contributed by atoms with Crippen LogP contribution in [-0.4, -0.2) is 0 Å². The van der Waals surface area contributed by atoms with E-state index in [-0.39, 0.29) is 0 Å². The molecule has 0 atom stereocenters. The summed E-state index contributed by atoms with van der Waals surface area (Å²) in [7, 11) is 0. The molecule has 2 nitrogen and oxygen atoms in total. The molecule has 1 aromatic carbocycles. The largest absolute Gasteiger partial charge is 0.380 e. The van der Waals surface area contributed by atoms with E-state index in [4.69, 9.17) is 5.26 Å². The molecule has 1 heterocycles. The summed E-state index contributed by atoms with van der Waals surface area (Å²) in [5, 5.41) is 16.4. The lowest BCUT2D eigenvalue weighted by Gasteiger charge is -2.07. The highest BCUT2D eigenvalue weighted by Crippen LogP contribution is 2.17. The van der Waals surface area contributed by atoms with Crippen LogP contribution in [0.4, 0.5) is 5.69 Å². The first-order chi connectivity index (χ1) is 7.79. The van der Waals surface area contributed by atoms with Crippen LogP contribution in [0.5, 0.6) is 0 Å². The fourth-order valence-electron chi connectivity index (χ4n) is 1.50. The molecular weight excluding hydrogens is 216 g/mol. The molecule has 3 heteroatoms. The van der Waals surface area contributed by atoms with E-state index < -0.39 is 0 Å². The van der Waals surface area contributed by atoms with Crippen LogP contribution in [0.2, 0.25) is 0 Å². The summed E-state index contributed by atoms with van der Waals surface area (Å²) in [5.41, 5.74) is 3.96. The van der Waals surface area contributed by atoms with E-state index in [1.54, 1.807) is 11.3 Å². The smallest absolute Gasteiger partial charge is 0.101 e. The quantitative estimate of drug-likeness (QED) is 0.872. The first kappa shape index (κ1) is 10.7. The number of anilines is 1. The van der Waals surface area contributed by atoms with Crippen LogP contribution < -0.4 is 5.32 Å². The number of thiophene rings is 1. The maximum atomic E-state index is 9.01. The Labute approximate surface area is 99.2 Å². The molecule has 0 aliphatic heterocycles. The average Bonchev–Trinajstić information content (AvgIpc) is 2.80. The Morgan fingerprint density at radius 3 is 2.94 bits per heavy atom. The van der Waals surface area contributed by atoms with Crippen LogP contribution in [-0.2, 0) is 6.54 Å². The van der Waals surface area contributed by atoms with Crippen molar-refractivity contribution in [2.45, 2.75) is 13.5 Å². The highest BCUT2D eigenvalue weighted by atomic mass is 32.1. The van der Waals surface area contributed by atoms with Crippen LogP contribution >= 0.6 is 11.3 Å². The van der Waals surface area contributed by atoms with Crippen molar-refractivity contribution < 1.29 is 0 Å². The lowest BCUT2D eigenvalue weighted by atomic mass is 10.1. The van der Waals surface area contributed by atoms with Gasteiger partial charge in [0, 0.05) is 6.54 Å². The molecule has 0 radical (unpaired) electrons. The molecule has 0 aliphatic rings. The van der Waals surface area contributed by atoms with Crippen molar-refractivity contribution in [2.24, 2.45) is 0 Å². The second-order valence-corrected chi connectivity index (χ2v) is 4.43. The minimum atomic E-state index is 0.704. The SMILES string of the molecule is Cc1ccc(NCc2ccsc2)c(C#N)c1. The third-order valence-electron chi connectivity index (χ3n) is 2.36. The van der Waals surface area contributed by atoms with Gasteiger partial charge in [-0.15, -0.1) is 0 Å². The van der Waals surface area contributed by atoms with E-state index >= 15 is 0 Å². The molecule has 0 saturated heterocycles. The van der Waals surface area contributed by atoms with Crippen molar-refractivity contribution in [3.8, 4) is 6.07 Å². The second kappa shape index (κ2) is 4.82. The minimum absolute atomic E-state index is 0.704. The molecule has 0 amide bonds. The Kier molecular flexibility index (Phi) is 3.23. The number of benzene rings is 1. The fraction of sp³-hybridized carbons (Fsp3) is 0.154. The summed E-state index contributed by atoms with van der Waals surface area (Å²) in [6.07, 6.45) is 0. The van der Waals surface area contributed by atoms with E-state index in [1.165, 1.54) is 5.56 Å². The predicted molar refractivity (Wildman–Crippen MR) is 67.5 cm³/mol. The van der Waals surface area contributed by atoms with Gasteiger partial charge in [0.25, 0.3) is 0 Å². The van der Waals surface area contributed by atoms with Gasteiger partial charge in [0.2, 0.25) is 0 Å². The molecule has 0 spiro atoms. The van der Waals surface area contributed by atoms with Gasteiger partial charge in [-0.25, -0.2) is 0 Å². The molecule has 0 fully saturated rings. The van der Waals surface area contributed by atoms with Gasteiger partial charge in [0.1, 0.15) is 6.07 Å². The third kappa shape index (κ3) is 2.41. The van der Waals surface area contributed by atoms with E-state index in [9.17, 15) is 0 Å². The zero-order chi connectivity index (χ0) is 11.4. The number of nitrogens with zero attached hydrogens (tertiary/aromatic N) is 1. The molecule has 1 N–H and O–H groups in total. The zero-order valence-electron chi connectivity index (χ0n) is 9.03. The molecular formula is C13H12N2S. The monoisotopic (exact) mass is 228 g/mol. The Bertz CT molecular complexity index is 509. The lowest BCUT2D eigenvalue weighted by molar-refractivity contribution is 1.16. The van der Waals surface area contributed by atoms with Crippen LogP contribution in [0, 0.1) is 18.3 Å². The molecule has 0 bridgehead atoms. The molecule has 2 aromatic rings. The van der Waals surface area contributed by atoms with Crippen LogP contribution in [0.25, 0.3) is 0 Å². The number of nitrogens with one attached hydrogen (secondary N) is 1. The van der Waals surface area contributed by atoms with E-state index in [0.29, 0.717) is 5.56 Å². The van der Waals surface area contributed by atoms with Gasteiger partial charge in [-0.1, -0.05) is 6.07 Å². The Balaban J connectivity index is 2.13. The predicted octanol–water partition coefficient (Wildman–Crippen LogP) is 3.54. The van der Waals surface area contributed by atoms with E-state index in [0.717, 1.165) is 17.8 Å². The Hall–Kier alpha value is -1.79. The molecule has 1 aromatic heterocycles. The van der Waals surface area contributed by atoms with Crippen LogP contribution in [0.3, 0.4) is 0 Å². The van der Waals surface area contributed by atoms with Crippen LogP contribution in [0.15, 0.2) is 35.0 Å². The maximum Gasteiger partial charge on any atom is 0.101 e. The first-order valence-electron chi connectivity index (χ1n) is 5.05. The second-order valence-electron chi connectivity index (χ2n) is 3.65. The first-order valence-corrected chi connectivity index (χ1v) is 5.99. The molecule has 16 heavy (non-hydrogen) atoms. The molecule has 80 valence electrons. The number of hydrogen-bond acceptors (Lipinski definition) is 3. The summed E-state index contributed by atoms with van der Waals surface area (Å²) in [6.45, 7) is 2.75. The summed E-state index contributed by atoms with van der Waals surface area (Å²) in [6, 6.07) is 10.2. The van der Waals surface area contributed by atoms with Gasteiger partial charge in [-0.2, -0.15) is 16.6 Å². The van der Waals surface area contributed by atoms with E-state index in [1.807, 2.05) is 25.1 Å². The highest BCUT2D eigenvalue weighted by Gasteiger charge is 2.01. The number of aryl methyl sites for hydroxylation is 1. The lowest BCUT2D eigenvalue weighted by Crippen LogP contribution is -2.00. The summed E-state index contributed by atoms with van der Waals surface area (Å²) in [4.78, 5) is 0. The van der Waals surface area contributed by atoms with E-state index in [2.05, 4.69) is 28.2 Å². The molecule has 0 saturated carbocycles. The van der Waals surface area contributed by atoms with Gasteiger partial charge >= 0.3 is 0 Å². The van der Waals surface area contributed by atoms with Crippen molar-refractivity contribution in [2.75, 3.05) is 5.32 Å². The number of nitriles is 1.